The van der Waals surface area contributed by atoms with Crippen molar-refractivity contribution in [2.75, 3.05) is 5.73 Å². The molecule has 1 aromatic heterocycles. The van der Waals surface area contributed by atoms with Crippen molar-refractivity contribution in [1.29, 1.82) is 0 Å². The Labute approximate surface area is 110 Å². The number of nitrogens with one attached hydrogen (secondary N) is 1. The zero-order valence-corrected chi connectivity index (χ0v) is 10.4. The van der Waals surface area contributed by atoms with E-state index in [0.29, 0.717) is 16.1 Å². The van der Waals surface area contributed by atoms with Crippen LogP contribution in [0.1, 0.15) is 16.7 Å². The van der Waals surface area contributed by atoms with E-state index in [9.17, 15) is 0 Å². The fraction of sp³-hybridized carbons (Fsp3) is 0.0769. The molecule has 4 nitrogen and oxygen atoms in total. The number of nitrogens with zero attached hydrogens (tertiary/aromatic N) is 2. The van der Waals surface area contributed by atoms with Gasteiger partial charge in [-0.15, -0.1) is 5.69 Å². The van der Waals surface area contributed by atoms with E-state index in [0.717, 1.165) is 5.56 Å². The van der Waals surface area contributed by atoms with E-state index in [-0.39, 0.29) is 11.6 Å². The lowest BCUT2D eigenvalue weighted by molar-refractivity contribution is 1.17. The summed E-state index contributed by atoms with van der Waals surface area (Å²) in [7, 11) is 0. The summed E-state index contributed by atoms with van der Waals surface area (Å²) < 4.78 is 0. The molecule has 0 amide bonds. The van der Waals surface area contributed by atoms with Crippen LogP contribution in [0.3, 0.4) is 0 Å². The van der Waals surface area contributed by atoms with Crippen LogP contribution in [0.25, 0.3) is 5.73 Å². The molecule has 0 fully saturated rings. The minimum absolute atomic E-state index is 0.211. The predicted octanol–water partition coefficient (Wildman–Crippen LogP) is 3.10. The molecule has 0 aliphatic carbocycles. The number of hydrogen-bond acceptors (Lipinski definition) is 3. The second kappa shape index (κ2) is 4.94. The molecule has 1 heterocycles. The molecule has 5 heteroatoms. The number of benzene rings is 1. The molecule has 18 heavy (non-hydrogen) atoms. The van der Waals surface area contributed by atoms with Crippen molar-refractivity contribution in [1.82, 2.24) is 9.97 Å². The minimum atomic E-state index is 0.211. The average Bonchev–Trinajstić information content (AvgIpc) is 2.36. The van der Waals surface area contributed by atoms with E-state index < -0.39 is 0 Å². The molecule has 0 radical (unpaired) electrons. The highest BCUT2D eigenvalue weighted by Crippen LogP contribution is 2.29. The third-order valence-electron chi connectivity index (χ3n) is 2.35. The Morgan fingerprint density at radius 1 is 1.22 bits per heavy atom. The molecule has 0 spiro atoms. The molecular weight excluding hydrogens is 248 g/mol. The van der Waals surface area contributed by atoms with E-state index >= 15 is 0 Å². The van der Waals surface area contributed by atoms with Crippen LogP contribution in [0.2, 0.25) is 5.02 Å². The highest BCUT2D eigenvalue weighted by Gasteiger charge is 2.01. The van der Waals surface area contributed by atoms with Gasteiger partial charge >= 0.3 is 0 Å². The number of aromatic nitrogens is 2. The van der Waals surface area contributed by atoms with Crippen molar-refractivity contribution in [2.24, 2.45) is 0 Å². The first kappa shape index (κ1) is 12.2. The van der Waals surface area contributed by atoms with E-state index in [1.807, 2.05) is 13.0 Å². The Kier molecular flexibility index (Phi) is 3.35. The van der Waals surface area contributed by atoms with Gasteiger partial charge in [0.2, 0.25) is 5.95 Å². The van der Waals surface area contributed by atoms with Crippen LogP contribution in [0, 0.1) is 18.8 Å². The highest BCUT2D eigenvalue weighted by molar-refractivity contribution is 6.34. The SMILES string of the molecule is Cc1ccc([NH-])c(Cl)c1C#Cc1cnc(N)nc1. The standard InChI is InChI=1S/C13H10ClN4/c1-8-2-5-11(15)12(14)10(8)4-3-9-6-17-13(16)18-7-9/h2,5-7,15H,1H3,(H2,16,17,18)/q-1. The van der Waals surface area contributed by atoms with Crippen LogP contribution in [0.5, 0.6) is 0 Å². The van der Waals surface area contributed by atoms with Gasteiger partial charge in [0, 0.05) is 23.0 Å². The molecule has 0 saturated carbocycles. The maximum absolute atomic E-state index is 7.63. The van der Waals surface area contributed by atoms with Gasteiger partial charge in [0.05, 0.1) is 5.56 Å². The Balaban J connectivity index is 2.41. The molecule has 0 saturated heterocycles. The van der Waals surface area contributed by atoms with Gasteiger partial charge in [-0.1, -0.05) is 35.6 Å². The fourth-order valence-corrected chi connectivity index (χ4v) is 1.62. The smallest absolute Gasteiger partial charge is 0.219 e. The topological polar surface area (TPSA) is 75.6 Å². The molecule has 1 aromatic carbocycles. The Morgan fingerprint density at radius 2 is 1.89 bits per heavy atom. The number of halogens is 1. The van der Waals surface area contributed by atoms with Crippen LogP contribution in [-0.2, 0) is 0 Å². The summed E-state index contributed by atoms with van der Waals surface area (Å²) in [5, 5.41) is 0.360. The minimum Gasteiger partial charge on any atom is -0.697 e. The highest BCUT2D eigenvalue weighted by atomic mass is 35.5. The van der Waals surface area contributed by atoms with E-state index in [1.54, 1.807) is 18.5 Å². The van der Waals surface area contributed by atoms with Crippen LogP contribution in [0.4, 0.5) is 11.6 Å². The summed E-state index contributed by atoms with van der Waals surface area (Å²) in [5.74, 6) is 6.04. The van der Waals surface area contributed by atoms with Gasteiger partial charge in [0.15, 0.2) is 0 Å². The molecule has 90 valence electrons. The number of nitrogens with two attached hydrogens (primary N) is 1. The lowest BCUT2D eigenvalue weighted by atomic mass is 10.1. The van der Waals surface area contributed by atoms with Gasteiger partial charge in [0.25, 0.3) is 0 Å². The Hall–Kier alpha value is -2.25. The van der Waals surface area contributed by atoms with Gasteiger partial charge in [-0.3, -0.25) is 0 Å². The molecule has 0 unspecified atom stereocenters. The van der Waals surface area contributed by atoms with Crippen molar-refractivity contribution in [3.8, 4) is 11.8 Å². The van der Waals surface area contributed by atoms with E-state index in [1.165, 1.54) is 0 Å². The predicted molar refractivity (Wildman–Crippen MR) is 72.6 cm³/mol. The first-order chi connectivity index (χ1) is 8.58. The van der Waals surface area contributed by atoms with Crippen LogP contribution < -0.4 is 5.73 Å². The van der Waals surface area contributed by atoms with Crippen molar-refractivity contribution >= 4 is 23.2 Å². The van der Waals surface area contributed by atoms with Crippen molar-refractivity contribution < 1.29 is 0 Å². The molecular formula is C13H10ClN4-. The molecule has 0 atom stereocenters. The second-order valence-corrected chi connectivity index (χ2v) is 4.08. The first-order valence-electron chi connectivity index (χ1n) is 5.18. The van der Waals surface area contributed by atoms with Gasteiger partial charge in [-0.2, -0.15) is 0 Å². The van der Waals surface area contributed by atoms with Crippen molar-refractivity contribution in [3.63, 3.8) is 0 Å². The lowest BCUT2D eigenvalue weighted by Crippen LogP contribution is -1.93. The summed E-state index contributed by atoms with van der Waals surface area (Å²) in [6.07, 6.45) is 3.09. The molecule has 2 aromatic rings. The molecule has 2 rings (SSSR count). The number of nitrogen functional groups attached to an aromatic ring is 1. The zero-order valence-electron chi connectivity index (χ0n) is 9.66. The normalized spacial score (nSPS) is 9.67. The van der Waals surface area contributed by atoms with Crippen LogP contribution in [-0.4, -0.2) is 9.97 Å². The summed E-state index contributed by atoms with van der Waals surface area (Å²) >= 11 is 6.05. The quantitative estimate of drug-likeness (QED) is 0.737. The lowest BCUT2D eigenvalue weighted by Gasteiger charge is -2.09. The summed E-state index contributed by atoms with van der Waals surface area (Å²) in [5.41, 5.74) is 15.5. The monoisotopic (exact) mass is 257 g/mol. The summed E-state index contributed by atoms with van der Waals surface area (Å²) in [6, 6.07) is 3.47. The van der Waals surface area contributed by atoms with Crippen molar-refractivity contribution in [3.05, 3.63) is 52.0 Å². The summed E-state index contributed by atoms with van der Waals surface area (Å²) in [6.45, 7) is 1.90. The third kappa shape index (κ3) is 2.53. The Bertz CT molecular complexity index is 639. The van der Waals surface area contributed by atoms with E-state index in [4.69, 9.17) is 23.1 Å². The van der Waals surface area contributed by atoms with Crippen LogP contribution in [0.15, 0.2) is 24.5 Å². The van der Waals surface area contributed by atoms with Crippen molar-refractivity contribution in [2.45, 2.75) is 6.92 Å². The van der Waals surface area contributed by atoms with Gasteiger partial charge < -0.3 is 11.5 Å². The number of aryl methyl sites for hydroxylation is 1. The molecule has 0 bridgehead atoms. The fourth-order valence-electron chi connectivity index (χ4n) is 1.36. The largest absolute Gasteiger partial charge is 0.697 e. The Morgan fingerprint density at radius 3 is 2.56 bits per heavy atom. The maximum Gasteiger partial charge on any atom is 0.219 e. The molecule has 0 aliphatic rings. The van der Waals surface area contributed by atoms with Gasteiger partial charge in [-0.05, 0) is 12.5 Å². The zero-order chi connectivity index (χ0) is 13.1. The molecule has 3 N–H and O–H groups in total. The summed E-state index contributed by atoms with van der Waals surface area (Å²) in [4.78, 5) is 7.70. The maximum atomic E-state index is 7.63. The molecule has 0 aliphatic heterocycles. The van der Waals surface area contributed by atoms with Gasteiger partial charge in [-0.25, -0.2) is 9.97 Å². The first-order valence-corrected chi connectivity index (χ1v) is 5.56. The van der Waals surface area contributed by atoms with E-state index in [2.05, 4.69) is 21.8 Å². The average molecular weight is 258 g/mol. The number of hydrogen-bond donors (Lipinski definition) is 1. The number of rotatable bonds is 0. The van der Waals surface area contributed by atoms with Gasteiger partial charge in [0.1, 0.15) is 0 Å². The second-order valence-electron chi connectivity index (χ2n) is 3.70. The third-order valence-corrected chi connectivity index (χ3v) is 2.75. The number of anilines is 1. The van der Waals surface area contributed by atoms with Crippen LogP contribution >= 0.6 is 11.6 Å².